The van der Waals surface area contributed by atoms with Crippen LogP contribution in [0, 0.1) is 6.92 Å². The van der Waals surface area contributed by atoms with Crippen molar-refractivity contribution in [3.8, 4) is 5.75 Å². The van der Waals surface area contributed by atoms with Gasteiger partial charge in [0, 0.05) is 12.4 Å². The van der Waals surface area contributed by atoms with E-state index in [2.05, 4.69) is 0 Å². The minimum absolute atomic E-state index is 0.448. The van der Waals surface area contributed by atoms with E-state index in [0.717, 1.165) is 16.2 Å². The third-order valence-corrected chi connectivity index (χ3v) is 2.89. The van der Waals surface area contributed by atoms with Gasteiger partial charge in [-0.05, 0) is 24.6 Å². The summed E-state index contributed by atoms with van der Waals surface area (Å²) < 4.78 is 44.6. The van der Waals surface area contributed by atoms with Gasteiger partial charge in [-0.25, -0.2) is 0 Å². The standard InChI is InChI=1S/C12H12F3NO/c1-7-4-5-9(17-3)11-8(7)6-10(16(11)2)12(13,14)15/h4-6H,1-3H3. The molecule has 0 spiro atoms. The summed E-state index contributed by atoms with van der Waals surface area (Å²) in [5.41, 5.74) is 0.604. The third-order valence-electron chi connectivity index (χ3n) is 2.89. The summed E-state index contributed by atoms with van der Waals surface area (Å²) in [5.74, 6) is 0.448. The molecule has 1 aromatic heterocycles. The van der Waals surface area contributed by atoms with Crippen LogP contribution in [0.3, 0.4) is 0 Å². The number of aromatic nitrogens is 1. The van der Waals surface area contributed by atoms with Crippen molar-refractivity contribution in [3.05, 3.63) is 29.5 Å². The van der Waals surface area contributed by atoms with Gasteiger partial charge in [-0.3, -0.25) is 0 Å². The van der Waals surface area contributed by atoms with Crippen molar-refractivity contribution in [3.63, 3.8) is 0 Å². The fourth-order valence-electron chi connectivity index (χ4n) is 2.01. The van der Waals surface area contributed by atoms with Crippen molar-refractivity contribution in [2.24, 2.45) is 7.05 Å². The first kappa shape index (κ1) is 11.8. The molecule has 0 saturated heterocycles. The summed E-state index contributed by atoms with van der Waals surface area (Å²) in [6.45, 7) is 1.78. The van der Waals surface area contributed by atoms with Gasteiger partial charge in [0.15, 0.2) is 0 Å². The van der Waals surface area contributed by atoms with Crippen LogP contribution in [-0.2, 0) is 13.2 Å². The largest absolute Gasteiger partial charge is 0.495 e. The first-order valence-corrected chi connectivity index (χ1v) is 5.06. The first-order valence-electron chi connectivity index (χ1n) is 5.06. The molecule has 17 heavy (non-hydrogen) atoms. The molecule has 0 aliphatic carbocycles. The Morgan fingerprint density at radius 3 is 2.41 bits per heavy atom. The van der Waals surface area contributed by atoms with E-state index in [1.165, 1.54) is 14.2 Å². The summed E-state index contributed by atoms with van der Waals surface area (Å²) in [6.07, 6.45) is -4.36. The zero-order valence-corrected chi connectivity index (χ0v) is 9.72. The molecular weight excluding hydrogens is 231 g/mol. The Balaban J connectivity index is 2.86. The number of hydrogen-bond donors (Lipinski definition) is 0. The van der Waals surface area contributed by atoms with Gasteiger partial charge in [0.25, 0.3) is 0 Å². The minimum Gasteiger partial charge on any atom is -0.495 e. The van der Waals surface area contributed by atoms with E-state index in [0.29, 0.717) is 16.7 Å². The van der Waals surface area contributed by atoms with Crippen molar-refractivity contribution in [1.29, 1.82) is 0 Å². The Bertz CT molecular complexity index is 569. The highest BCUT2D eigenvalue weighted by Crippen LogP contribution is 2.37. The highest BCUT2D eigenvalue weighted by atomic mass is 19.4. The number of fused-ring (bicyclic) bond motifs is 1. The SMILES string of the molecule is COc1ccc(C)c2cc(C(F)(F)F)n(C)c12. The number of halogens is 3. The molecule has 0 aliphatic heterocycles. The minimum atomic E-state index is -4.36. The maximum absolute atomic E-state index is 12.8. The quantitative estimate of drug-likeness (QED) is 0.747. The molecule has 1 aromatic carbocycles. The van der Waals surface area contributed by atoms with Crippen LogP contribution in [-0.4, -0.2) is 11.7 Å². The lowest BCUT2D eigenvalue weighted by atomic mass is 10.1. The Kier molecular flexibility index (Phi) is 2.56. The monoisotopic (exact) mass is 243 g/mol. The second kappa shape index (κ2) is 3.68. The maximum atomic E-state index is 12.8. The van der Waals surface area contributed by atoms with Crippen LogP contribution < -0.4 is 4.74 Å². The normalized spacial score (nSPS) is 12.1. The smallest absolute Gasteiger partial charge is 0.431 e. The number of nitrogens with zero attached hydrogens (tertiary/aromatic N) is 1. The molecule has 2 aromatic rings. The topological polar surface area (TPSA) is 14.2 Å². The van der Waals surface area contributed by atoms with Gasteiger partial charge >= 0.3 is 6.18 Å². The van der Waals surface area contributed by atoms with Crippen LogP contribution in [0.15, 0.2) is 18.2 Å². The lowest BCUT2D eigenvalue weighted by molar-refractivity contribution is -0.142. The van der Waals surface area contributed by atoms with E-state index < -0.39 is 11.9 Å². The van der Waals surface area contributed by atoms with Crippen molar-refractivity contribution in [2.45, 2.75) is 13.1 Å². The lowest BCUT2D eigenvalue weighted by Gasteiger charge is -2.09. The van der Waals surface area contributed by atoms with E-state index in [-0.39, 0.29) is 0 Å². The molecule has 5 heteroatoms. The second-order valence-electron chi connectivity index (χ2n) is 3.93. The summed E-state index contributed by atoms with van der Waals surface area (Å²) in [5, 5.41) is 0.569. The average molecular weight is 243 g/mol. The summed E-state index contributed by atoms with van der Waals surface area (Å²) in [4.78, 5) is 0. The van der Waals surface area contributed by atoms with E-state index in [1.807, 2.05) is 0 Å². The van der Waals surface area contributed by atoms with Gasteiger partial charge in [0.1, 0.15) is 11.4 Å². The zero-order chi connectivity index (χ0) is 12.8. The predicted molar refractivity (Wildman–Crippen MR) is 59.2 cm³/mol. The molecule has 0 N–H and O–H groups in total. The molecule has 0 radical (unpaired) electrons. The van der Waals surface area contributed by atoms with Gasteiger partial charge in [0.05, 0.1) is 12.6 Å². The summed E-state index contributed by atoms with van der Waals surface area (Å²) >= 11 is 0. The highest BCUT2D eigenvalue weighted by molar-refractivity contribution is 5.89. The molecule has 0 atom stereocenters. The van der Waals surface area contributed by atoms with Crippen LogP contribution in [0.4, 0.5) is 13.2 Å². The van der Waals surface area contributed by atoms with Crippen LogP contribution in [0.5, 0.6) is 5.75 Å². The number of alkyl halides is 3. The average Bonchev–Trinajstić information content (AvgIpc) is 2.58. The van der Waals surface area contributed by atoms with Crippen molar-refractivity contribution >= 4 is 10.9 Å². The van der Waals surface area contributed by atoms with Gasteiger partial charge < -0.3 is 9.30 Å². The second-order valence-corrected chi connectivity index (χ2v) is 3.93. The fourth-order valence-corrected chi connectivity index (χ4v) is 2.01. The molecule has 2 rings (SSSR count). The summed E-state index contributed by atoms with van der Waals surface area (Å²) in [6, 6.07) is 4.59. The molecule has 92 valence electrons. The van der Waals surface area contributed by atoms with Crippen molar-refractivity contribution in [1.82, 2.24) is 4.57 Å². The highest BCUT2D eigenvalue weighted by Gasteiger charge is 2.35. The van der Waals surface area contributed by atoms with E-state index >= 15 is 0 Å². The lowest BCUT2D eigenvalue weighted by Crippen LogP contribution is -2.10. The Labute approximate surface area is 96.6 Å². The molecule has 0 fully saturated rings. The molecule has 1 heterocycles. The first-order chi connectivity index (χ1) is 7.86. The van der Waals surface area contributed by atoms with Gasteiger partial charge in [-0.2, -0.15) is 13.2 Å². The molecular formula is C12H12F3NO. The van der Waals surface area contributed by atoms with Crippen molar-refractivity contribution in [2.75, 3.05) is 7.11 Å². The maximum Gasteiger partial charge on any atom is 0.431 e. The zero-order valence-electron chi connectivity index (χ0n) is 9.72. The Hall–Kier alpha value is -1.65. The number of ether oxygens (including phenoxy) is 1. The third kappa shape index (κ3) is 1.75. The molecule has 0 bridgehead atoms. The number of methoxy groups -OCH3 is 1. The molecule has 0 amide bonds. The molecule has 0 unspecified atom stereocenters. The van der Waals surface area contributed by atoms with E-state index in [4.69, 9.17) is 4.74 Å². The van der Waals surface area contributed by atoms with Gasteiger partial charge in [0.2, 0.25) is 0 Å². The number of rotatable bonds is 1. The molecule has 2 nitrogen and oxygen atoms in total. The van der Waals surface area contributed by atoms with E-state index in [1.54, 1.807) is 19.1 Å². The van der Waals surface area contributed by atoms with Crippen LogP contribution in [0.1, 0.15) is 11.3 Å². The van der Waals surface area contributed by atoms with E-state index in [9.17, 15) is 13.2 Å². The van der Waals surface area contributed by atoms with Crippen molar-refractivity contribution < 1.29 is 17.9 Å². The van der Waals surface area contributed by atoms with Gasteiger partial charge in [-0.1, -0.05) is 6.07 Å². The van der Waals surface area contributed by atoms with Crippen LogP contribution >= 0.6 is 0 Å². The predicted octanol–water partition coefficient (Wildman–Crippen LogP) is 3.51. The number of hydrogen-bond acceptors (Lipinski definition) is 1. The summed E-state index contributed by atoms with van der Waals surface area (Å²) in [7, 11) is 2.84. The number of benzene rings is 1. The Morgan fingerprint density at radius 1 is 1.24 bits per heavy atom. The van der Waals surface area contributed by atoms with Gasteiger partial charge in [-0.15, -0.1) is 0 Å². The fraction of sp³-hybridized carbons (Fsp3) is 0.333. The van der Waals surface area contributed by atoms with Crippen LogP contribution in [0.25, 0.3) is 10.9 Å². The molecule has 0 saturated carbocycles. The van der Waals surface area contributed by atoms with Crippen LogP contribution in [0.2, 0.25) is 0 Å². The Morgan fingerprint density at radius 2 is 1.88 bits per heavy atom. The number of aryl methyl sites for hydroxylation is 2. The molecule has 0 aliphatic rings.